The normalized spacial score (nSPS) is 25.5. The van der Waals surface area contributed by atoms with E-state index in [9.17, 15) is 4.79 Å². The zero-order chi connectivity index (χ0) is 7.56. The molecule has 1 rings (SSSR count). The van der Waals surface area contributed by atoms with Crippen molar-refractivity contribution in [3.63, 3.8) is 0 Å². The van der Waals surface area contributed by atoms with Crippen molar-refractivity contribution in [2.45, 2.75) is 6.42 Å². The summed E-state index contributed by atoms with van der Waals surface area (Å²) in [6.45, 7) is 4.15. The average Bonchev–Trinajstić information content (AvgIpc) is 2.30. The van der Waals surface area contributed by atoms with E-state index in [1.54, 1.807) is 4.90 Å². The van der Waals surface area contributed by atoms with Crippen LogP contribution < -0.4 is 0 Å². The standard InChI is InChI=1S/C7H11NO2/c1-2-8-4-3-6(5-9)7(8)10/h2,6,9H,1,3-5H2. The highest BCUT2D eigenvalue weighted by atomic mass is 16.3. The van der Waals surface area contributed by atoms with E-state index in [0.29, 0.717) is 6.54 Å². The third kappa shape index (κ3) is 1.04. The van der Waals surface area contributed by atoms with Crippen LogP contribution in [0.5, 0.6) is 0 Å². The molecular weight excluding hydrogens is 130 g/mol. The molecule has 0 aromatic rings. The van der Waals surface area contributed by atoms with Crippen molar-refractivity contribution in [2.75, 3.05) is 13.2 Å². The molecule has 1 atom stereocenters. The van der Waals surface area contributed by atoms with Gasteiger partial charge in [0.15, 0.2) is 0 Å². The smallest absolute Gasteiger partial charge is 0.231 e. The summed E-state index contributed by atoms with van der Waals surface area (Å²) in [5.74, 6) is -0.185. The molecular formula is C7H11NO2. The zero-order valence-electron chi connectivity index (χ0n) is 5.79. The van der Waals surface area contributed by atoms with Gasteiger partial charge in [-0.1, -0.05) is 6.58 Å². The molecule has 1 N–H and O–H groups in total. The fraction of sp³-hybridized carbons (Fsp3) is 0.571. The highest BCUT2D eigenvalue weighted by Crippen LogP contribution is 2.16. The molecule has 1 aliphatic heterocycles. The van der Waals surface area contributed by atoms with E-state index in [1.807, 2.05) is 0 Å². The molecule has 0 saturated carbocycles. The molecule has 0 bridgehead atoms. The summed E-state index contributed by atoms with van der Waals surface area (Å²) < 4.78 is 0. The second-order valence-corrected chi connectivity index (χ2v) is 2.38. The highest BCUT2D eigenvalue weighted by Gasteiger charge is 2.28. The van der Waals surface area contributed by atoms with Crippen LogP contribution in [0.3, 0.4) is 0 Å². The van der Waals surface area contributed by atoms with E-state index >= 15 is 0 Å². The minimum Gasteiger partial charge on any atom is -0.396 e. The monoisotopic (exact) mass is 141 g/mol. The first-order chi connectivity index (χ1) is 4.79. The molecule has 3 heteroatoms. The topological polar surface area (TPSA) is 40.5 Å². The van der Waals surface area contributed by atoms with E-state index in [1.165, 1.54) is 6.20 Å². The van der Waals surface area contributed by atoms with E-state index in [4.69, 9.17) is 5.11 Å². The maximum atomic E-state index is 11.1. The van der Waals surface area contributed by atoms with Crippen LogP contribution in [0.15, 0.2) is 12.8 Å². The van der Waals surface area contributed by atoms with Crippen LogP contribution in [0, 0.1) is 5.92 Å². The van der Waals surface area contributed by atoms with Crippen molar-refractivity contribution < 1.29 is 9.90 Å². The minimum atomic E-state index is -0.182. The second kappa shape index (κ2) is 2.84. The third-order valence-electron chi connectivity index (χ3n) is 1.79. The van der Waals surface area contributed by atoms with Gasteiger partial charge in [0.2, 0.25) is 5.91 Å². The first kappa shape index (κ1) is 7.28. The summed E-state index contributed by atoms with van der Waals surface area (Å²) in [6.07, 6.45) is 2.26. The minimum absolute atomic E-state index is 0.00231. The summed E-state index contributed by atoms with van der Waals surface area (Å²) in [6, 6.07) is 0. The van der Waals surface area contributed by atoms with Gasteiger partial charge < -0.3 is 10.0 Å². The van der Waals surface area contributed by atoms with Crippen molar-refractivity contribution in [3.05, 3.63) is 12.8 Å². The van der Waals surface area contributed by atoms with Gasteiger partial charge in [0.05, 0.1) is 12.5 Å². The largest absolute Gasteiger partial charge is 0.396 e. The fourth-order valence-electron chi connectivity index (χ4n) is 1.11. The summed E-state index contributed by atoms with van der Waals surface area (Å²) >= 11 is 0. The maximum absolute atomic E-state index is 11.1. The number of aliphatic hydroxyl groups is 1. The van der Waals surface area contributed by atoms with Gasteiger partial charge in [-0.15, -0.1) is 0 Å². The van der Waals surface area contributed by atoms with Gasteiger partial charge in [-0.05, 0) is 12.6 Å². The number of likely N-dealkylation sites (tertiary alicyclic amines) is 1. The number of aliphatic hydroxyl groups excluding tert-OH is 1. The second-order valence-electron chi connectivity index (χ2n) is 2.38. The lowest BCUT2D eigenvalue weighted by atomic mass is 10.1. The van der Waals surface area contributed by atoms with Crippen molar-refractivity contribution in [1.29, 1.82) is 0 Å². The fourth-order valence-corrected chi connectivity index (χ4v) is 1.11. The number of carbonyl (C=O) groups excluding carboxylic acids is 1. The molecule has 56 valence electrons. The Labute approximate surface area is 59.9 Å². The average molecular weight is 141 g/mol. The van der Waals surface area contributed by atoms with Crippen LogP contribution in [0.25, 0.3) is 0 Å². The van der Waals surface area contributed by atoms with Gasteiger partial charge in [-0.25, -0.2) is 0 Å². The Morgan fingerprint density at radius 1 is 1.90 bits per heavy atom. The van der Waals surface area contributed by atoms with Crippen LogP contribution in [-0.2, 0) is 4.79 Å². The quantitative estimate of drug-likeness (QED) is 0.586. The molecule has 0 aliphatic carbocycles. The SMILES string of the molecule is C=CN1CCC(CO)C1=O. The molecule has 1 saturated heterocycles. The van der Waals surface area contributed by atoms with Crippen LogP contribution in [0.4, 0.5) is 0 Å². The Morgan fingerprint density at radius 3 is 2.90 bits per heavy atom. The molecule has 0 aromatic carbocycles. The Kier molecular flexibility index (Phi) is 2.06. The number of hydrogen-bond donors (Lipinski definition) is 1. The number of nitrogens with zero attached hydrogens (tertiary/aromatic N) is 1. The zero-order valence-corrected chi connectivity index (χ0v) is 5.79. The van der Waals surface area contributed by atoms with E-state index in [2.05, 4.69) is 6.58 Å². The molecule has 0 radical (unpaired) electrons. The third-order valence-corrected chi connectivity index (χ3v) is 1.79. The first-order valence-corrected chi connectivity index (χ1v) is 3.33. The molecule has 0 aromatic heterocycles. The Morgan fingerprint density at radius 2 is 2.60 bits per heavy atom. The van der Waals surface area contributed by atoms with Gasteiger partial charge in [-0.3, -0.25) is 4.79 Å². The Hall–Kier alpha value is -0.830. The number of rotatable bonds is 2. The maximum Gasteiger partial charge on any atom is 0.231 e. The van der Waals surface area contributed by atoms with Crippen molar-refractivity contribution in [3.8, 4) is 0 Å². The van der Waals surface area contributed by atoms with Gasteiger partial charge in [0, 0.05) is 6.54 Å². The summed E-state index contributed by atoms with van der Waals surface area (Å²) in [5, 5.41) is 8.67. The Balaban J connectivity index is 2.57. The molecule has 0 spiro atoms. The molecule has 1 amide bonds. The van der Waals surface area contributed by atoms with Gasteiger partial charge in [-0.2, -0.15) is 0 Å². The summed E-state index contributed by atoms with van der Waals surface area (Å²) in [5.41, 5.74) is 0. The molecule has 1 unspecified atom stereocenters. The number of hydrogen-bond acceptors (Lipinski definition) is 2. The van der Waals surface area contributed by atoms with E-state index in [0.717, 1.165) is 6.42 Å². The molecule has 10 heavy (non-hydrogen) atoms. The molecule has 3 nitrogen and oxygen atoms in total. The summed E-state index contributed by atoms with van der Waals surface area (Å²) in [7, 11) is 0. The van der Waals surface area contributed by atoms with Crippen LogP contribution >= 0.6 is 0 Å². The van der Waals surface area contributed by atoms with Crippen LogP contribution in [0.2, 0.25) is 0 Å². The summed E-state index contributed by atoms with van der Waals surface area (Å²) in [4.78, 5) is 12.6. The molecule has 1 fully saturated rings. The molecule has 1 heterocycles. The van der Waals surface area contributed by atoms with Crippen molar-refractivity contribution >= 4 is 5.91 Å². The van der Waals surface area contributed by atoms with Gasteiger partial charge in [0.25, 0.3) is 0 Å². The van der Waals surface area contributed by atoms with E-state index < -0.39 is 0 Å². The number of carbonyl (C=O) groups is 1. The lowest BCUT2D eigenvalue weighted by molar-refractivity contribution is -0.129. The van der Waals surface area contributed by atoms with E-state index in [-0.39, 0.29) is 18.4 Å². The number of amides is 1. The van der Waals surface area contributed by atoms with Crippen molar-refractivity contribution in [2.24, 2.45) is 5.92 Å². The predicted molar refractivity (Wildman–Crippen MR) is 37.1 cm³/mol. The lowest BCUT2D eigenvalue weighted by Crippen LogP contribution is -2.22. The first-order valence-electron chi connectivity index (χ1n) is 3.33. The molecule has 1 aliphatic rings. The van der Waals surface area contributed by atoms with Gasteiger partial charge in [0.1, 0.15) is 0 Å². The van der Waals surface area contributed by atoms with Crippen LogP contribution in [-0.4, -0.2) is 29.1 Å². The van der Waals surface area contributed by atoms with Crippen LogP contribution in [0.1, 0.15) is 6.42 Å². The van der Waals surface area contributed by atoms with Crippen molar-refractivity contribution in [1.82, 2.24) is 4.90 Å². The highest BCUT2D eigenvalue weighted by molar-refractivity contribution is 5.81. The predicted octanol–water partition coefficient (Wildman–Crippen LogP) is -0.0293. The van der Waals surface area contributed by atoms with Gasteiger partial charge >= 0.3 is 0 Å². The Bertz CT molecular complexity index is 156. The lowest BCUT2D eigenvalue weighted by Gasteiger charge is -2.08.